The van der Waals surface area contributed by atoms with Crippen molar-refractivity contribution in [3.63, 3.8) is 0 Å². The molecule has 4 nitrogen and oxygen atoms in total. The molecule has 1 aromatic carbocycles. The first-order valence-electron chi connectivity index (χ1n) is 6.81. The molecule has 0 saturated carbocycles. The minimum Gasteiger partial charge on any atom is -1.00 e. The molecular formula is C16H18ClN4S-. The number of rotatable bonds is 3. The molecule has 3 aromatic rings. The van der Waals surface area contributed by atoms with Crippen molar-refractivity contribution in [3.8, 4) is 0 Å². The molecule has 2 aromatic heterocycles. The summed E-state index contributed by atoms with van der Waals surface area (Å²) in [5.41, 5.74) is 3.46. The van der Waals surface area contributed by atoms with E-state index >= 15 is 0 Å². The predicted octanol–water partition coefficient (Wildman–Crippen LogP) is 1.12. The van der Waals surface area contributed by atoms with E-state index in [4.69, 9.17) is 0 Å². The van der Waals surface area contributed by atoms with Gasteiger partial charge in [-0.2, -0.15) is 0 Å². The molecule has 3 rings (SSSR count). The number of hydrogen-bond donors (Lipinski definition) is 1. The fourth-order valence-electron chi connectivity index (χ4n) is 2.26. The van der Waals surface area contributed by atoms with Gasteiger partial charge in [0.05, 0.1) is 5.39 Å². The van der Waals surface area contributed by atoms with Crippen molar-refractivity contribution in [1.29, 1.82) is 0 Å². The largest absolute Gasteiger partial charge is 1.00 e. The van der Waals surface area contributed by atoms with Gasteiger partial charge in [0.25, 0.3) is 0 Å². The Kier molecular flexibility index (Phi) is 4.88. The van der Waals surface area contributed by atoms with E-state index in [1.54, 1.807) is 17.7 Å². The highest BCUT2D eigenvalue weighted by Gasteiger charge is 2.11. The average Bonchev–Trinajstić information content (AvgIpc) is 2.76. The second-order valence-corrected chi connectivity index (χ2v) is 6.46. The van der Waals surface area contributed by atoms with Crippen molar-refractivity contribution in [2.24, 2.45) is 0 Å². The van der Waals surface area contributed by atoms with Crippen molar-refractivity contribution >= 4 is 38.7 Å². The van der Waals surface area contributed by atoms with Crippen LogP contribution in [0.15, 0.2) is 30.6 Å². The fourth-order valence-corrected chi connectivity index (χ4v) is 3.25. The van der Waals surface area contributed by atoms with Crippen LogP contribution < -0.4 is 22.6 Å². The molecule has 6 heteroatoms. The standard InChI is InChI=1S/C16H18N4S.ClH/c1-10-11(2)21-16-14(10)15(17-9-18-16)19-12-5-7-13(8-6-12)20(3)4;/h5-9H,1-4H3,(H,17,18,19);1H/p-1. The highest BCUT2D eigenvalue weighted by Crippen LogP contribution is 2.33. The van der Waals surface area contributed by atoms with Crippen LogP contribution >= 0.6 is 11.3 Å². The summed E-state index contributed by atoms with van der Waals surface area (Å²) in [5, 5.41) is 4.53. The van der Waals surface area contributed by atoms with E-state index in [-0.39, 0.29) is 12.4 Å². The maximum Gasteiger partial charge on any atom is 0.142 e. The summed E-state index contributed by atoms with van der Waals surface area (Å²) in [4.78, 5) is 13.2. The molecule has 0 amide bonds. The molecule has 0 unspecified atom stereocenters. The summed E-state index contributed by atoms with van der Waals surface area (Å²) < 4.78 is 0. The zero-order valence-corrected chi connectivity index (χ0v) is 14.6. The molecule has 2 heterocycles. The smallest absolute Gasteiger partial charge is 0.142 e. The number of nitrogens with zero attached hydrogens (tertiary/aromatic N) is 3. The average molecular weight is 334 g/mol. The number of hydrogen-bond acceptors (Lipinski definition) is 5. The minimum atomic E-state index is 0. The van der Waals surface area contributed by atoms with Crippen LogP contribution in [-0.4, -0.2) is 24.1 Å². The van der Waals surface area contributed by atoms with Gasteiger partial charge in [-0.05, 0) is 43.7 Å². The van der Waals surface area contributed by atoms with Crippen LogP contribution in [0, 0.1) is 13.8 Å². The molecule has 116 valence electrons. The van der Waals surface area contributed by atoms with Gasteiger partial charge in [0, 0.05) is 30.3 Å². The Morgan fingerprint density at radius 2 is 1.73 bits per heavy atom. The van der Waals surface area contributed by atoms with Gasteiger partial charge in [-0.25, -0.2) is 9.97 Å². The predicted molar refractivity (Wildman–Crippen MR) is 90.9 cm³/mol. The van der Waals surface area contributed by atoms with Crippen LogP contribution in [0.4, 0.5) is 17.2 Å². The molecule has 22 heavy (non-hydrogen) atoms. The lowest BCUT2D eigenvalue weighted by molar-refractivity contribution is -0.00000441. The molecular weight excluding hydrogens is 316 g/mol. The number of aryl methyl sites for hydroxylation is 2. The number of thiophene rings is 1. The highest BCUT2D eigenvalue weighted by atomic mass is 35.5. The molecule has 0 atom stereocenters. The monoisotopic (exact) mass is 333 g/mol. The van der Waals surface area contributed by atoms with E-state index in [0.717, 1.165) is 21.7 Å². The summed E-state index contributed by atoms with van der Waals surface area (Å²) in [7, 11) is 4.07. The van der Waals surface area contributed by atoms with Crippen LogP contribution in [0.1, 0.15) is 10.4 Å². The lowest BCUT2D eigenvalue weighted by atomic mass is 10.2. The van der Waals surface area contributed by atoms with E-state index in [1.807, 2.05) is 14.1 Å². The zero-order valence-electron chi connectivity index (χ0n) is 13.0. The summed E-state index contributed by atoms with van der Waals surface area (Å²) in [6.45, 7) is 4.25. The van der Waals surface area contributed by atoms with Gasteiger partial charge in [0.1, 0.15) is 17.0 Å². The Balaban J connectivity index is 0.00000176. The van der Waals surface area contributed by atoms with Crippen LogP contribution in [0.3, 0.4) is 0 Å². The van der Waals surface area contributed by atoms with E-state index in [1.165, 1.54) is 16.1 Å². The SMILES string of the molecule is Cc1sc2ncnc(Nc3ccc(N(C)C)cc3)c2c1C.[Cl-]. The Morgan fingerprint density at radius 1 is 1.05 bits per heavy atom. The molecule has 0 fully saturated rings. The summed E-state index contributed by atoms with van der Waals surface area (Å²) in [6, 6.07) is 8.31. The Morgan fingerprint density at radius 3 is 2.36 bits per heavy atom. The third-order valence-corrected chi connectivity index (χ3v) is 4.73. The van der Waals surface area contributed by atoms with E-state index in [0.29, 0.717) is 0 Å². The highest BCUT2D eigenvalue weighted by molar-refractivity contribution is 7.18. The van der Waals surface area contributed by atoms with Crippen molar-refractivity contribution < 1.29 is 12.4 Å². The lowest BCUT2D eigenvalue weighted by Gasteiger charge is -2.13. The van der Waals surface area contributed by atoms with Crippen molar-refractivity contribution in [2.75, 3.05) is 24.3 Å². The Labute approximate surface area is 140 Å². The number of aromatic nitrogens is 2. The molecule has 0 aliphatic carbocycles. The first-order chi connectivity index (χ1) is 10.1. The molecule has 0 bridgehead atoms. The zero-order chi connectivity index (χ0) is 15.0. The van der Waals surface area contributed by atoms with Crippen molar-refractivity contribution in [1.82, 2.24) is 9.97 Å². The molecule has 0 aliphatic heterocycles. The number of fused-ring (bicyclic) bond motifs is 1. The topological polar surface area (TPSA) is 41.1 Å². The van der Waals surface area contributed by atoms with Crippen LogP contribution in [0.5, 0.6) is 0 Å². The van der Waals surface area contributed by atoms with E-state index in [2.05, 4.69) is 58.3 Å². The second-order valence-electron chi connectivity index (χ2n) is 5.25. The maximum atomic E-state index is 4.41. The van der Waals surface area contributed by atoms with Gasteiger partial charge in [-0.15, -0.1) is 11.3 Å². The van der Waals surface area contributed by atoms with Gasteiger partial charge in [-0.1, -0.05) is 0 Å². The molecule has 0 saturated heterocycles. The summed E-state index contributed by atoms with van der Waals surface area (Å²) in [5.74, 6) is 0.874. The van der Waals surface area contributed by atoms with Crippen LogP contribution in [-0.2, 0) is 0 Å². The molecule has 0 spiro atoms. The number of halogens is 1. The first-order valence-corrected chi connectivity index (χ1v) is 7.63. The molecule has 0 aliphatic rings. The van der Waals surface area contributed by atoms with E-state index < -0.39 is 0 Å². The second kappa shape index (κ2) is 6.50. The van der Waals surface area contributed by atoms with Gasteiger partial charge in [-0.3, -0.25) is 0 Å². The number of anilines is 3. The first kappa shape index (κ1) is 16.5. The van der Waals surface area contributed by atoms with Gasteiger partial charge in [0.15, 0.2) is 0 Å². The van der Waals surface area contributed by atoms with E-state index in [9.17, 15) is 0 Å². The van der Waals surface area contributed by atoms with Crippen LogP contribution in [0.25, 0.3) is 10.2 Å². The number of nitrogens with one attached hydrogen (secondary N) is 1. The summed E-state index contributed by atoms with van der Waals surface area (Å²) >= 11 is 1.71. The maximum absolute atomic E-state index is 4.41. The lowest BCUT2D eigenvalue weighted by Crippen LogP contribution is -3.00. The molecule has 0 radical (unpaired) electrons. The normalized spacial score (nSPS) is 10.4. The number of benzene rings is 1. The fraction of sp³-hybridized carbons (Fsp3) is 0.250. The van der Waals surface area contributed by atoms with Gasteiger partial charge in [0.2, 0.25) is 0 Å². The Hall–Kier alpha value is -1.85. The quantitative estimate of drug-likeness (QED) is 0.780. The third-order valence-electron chi connectivity index (χ3n) is 3.61. The van der Waals surface area contributed by atoms with Gasteiger partial charge < -0.3 is 22.6 Å². The van der Waals surface area contributed by atoms with Gasteiger partial charge >= 0.3 is 0 Å². The minimum absolute atomic E-state index is 0. The Bertz CT molecular complexity index is 781. The third kappa shape index (κ3) is 3.00. The van der Waals surface area contributed by atoms with Crippen molar-refractivity contribution in [2.45, 2.75) is 13.8 Å². The molecule has 1 N–H and O–H groups in total. The summed E-state index contributed by atoms with van der Waals surface area (Å²) in [6.07, 6.45) is 1.62. The van der Waals surface area contributed by atoms with Crippen molar-refractivity contribution in [3.05, 3.63) is 41.0 Å². The van der Waals surface area contributed by atoms with Crippen LogP contribution in [0.2, 0.25) is 0 Å².